The highest BCUT2D eigenvalue weighted by Crippen LogP contribution is 2.17. The maximum Gasteiger partial charge on any atom is 0.0591 e. The largest absolute Gasteiger partial charge is 0.315 e. The van der Waals surface area contributed by atoms with Crippen molar-refractivity contribution in [3.8, 4) is 0 Å². The van der Waals surface area contributed by atoms with Crippen LogP contribution in [0.3, 0.4) is 0 Å². The Kier molecular flexibility index (Phi) is 6.05. The number of hydrogen-bond acceptors (Lipinski definition) is 1. The van der Waals surface area contributed by atoms with Gasteiger partial charge in [-0.1, -0.05) is 49.1 Å². The molecule has 2 heteroatoms. The van der Waals surface area contributed by atoms with E-state index in [0.717, 1.165) is 17.7 Å². The fraction of sp³-hybridized carbons (Fsp3) is 0.200. The SMILES string of the molecule is C=C(/C=C\C(=C/C)N(I)CC)c1ccccc1. The molecule has 90 valence electrons. The van der Waals surface area contributed by atoms with Crippen molar-refractivity contribution in [1.82, 2.24) is 3.11 Å². The molecule has 0 bridgehead atoms. The van der Waals surface area contributed by atoms with E-state index < -0.39 is 0 Å². The fourth-order valence-electron chi connectivity index (χ4n) is 1.43. The Balaban J connectivity index is 2.75. The van der Waals surface area contributed by atoms with Gasteiger partial charge in [-0.2, -0.15) is 0 Å². The molecule has 0 amide bonds. The van der Waals surface area contributed by atoms with E-state index in [0.29, 0.717) is 0 Å². The van der Waals surface area contributed by atoms with E-state index in [9.17, 15) is 0 Å². The molecule has 0 aliphatic rings. The maximum absolute atomic E-state index is 4.08. The minimum atomic E-state index is 0.988. The summed E-state index contributed by atoms with van der Waals surface area (Å²) in [6, 6.07) is 10.2. The van der Waals surface area contributed by atoms with Gasteiger partial charge in [-0.25, -0.2) is 0 Å². The molecule has 17 heavy (non-hydrogen) atoms. The molecule has 0 atom stereocenters. The first-order valence-corrected chi connectivity index (χ1v) is 6.67. The van der Waals surface area contributed by atoms with Gasteiger partial charge in [0.1, 0.15) is 0 Å². The zero-order chi connectivity index (χ0) is 12.7. The lowest BCUT2D eigenvalue weighted by atomic mass is 10.1. The molecule has 1 nitrogen and oxygen atoms in total. The van der Waals surface area contributed by atoms with Gasteiger partial charge >= 0.3 is 0 Å². The van der Waals surface area contributed by atoms with Gasteiger partial charge in [0, 0.05) is 12.2 Å². The molecular formula is C15H18IN. The summed E-state index contributed by atoms with van der Waals surface area (Å²) in [5.41, 5.74) is 3.40. The van der Waals surface area contributed by atoms with Crippen molar-refractivity contribution < 1.29 is 0 Å². The highest BCUT2D eigenvalue weighted by Gasteiger charge is 1.99. The highest BCUT2D eigenvalue weighted by molar-refractivity contribution is 14.1. The smallest absolute Gasteiger partial charge is 0.0591 e. The van der Waals surface area contributed by atoms with Crippen LogP contribution in [0.4, 0.5) is 0 Å². The zero-order valence-electron chi connectivity index (χ0n) is 10.4. The lowest BCUT2D eigenvalue weighted by molar-refractivity contribution is 0.670. The molecule has 0 heterocycles. The summed E-state index contributed by atoms with van der Waals surface area (Å²) in [4.78, 5) is 0. The average Bonchev–Trinajstić information content (AvgIpc) is 2.39. The minimum absolute atomic E-state index is 0.988. The summed E-state index contributed by atoms with van der Waals surface area (Å²) in [6.07, 6.45) is 6.27. The Morgan fingerprint density at radius 3 is 2.47 bits per heavy atom. The third-order valence-corrected chi connectivity index (χ3v) is 3.69. The predicted octanol–water partition coefficient (Wildman–Crippen LogP) is 4.83. The second kappa shape index (κ2) is 7.33. The van der Waals surface area contributed by atoms with E-state index >= 15 is 0 Å². The van der Waals surface area contributed by atoms with Gasteiger partial charge in [0.15, 0.2) is 0 Å². The number of allylic oxidation sites excluding steroid dienone is 4. The Bertz CT molecular complexity index is 418. The summed E-state index contributed by atoms with van der Waals surface area (Å²) in [5, 5.41) is 0. The second-order valence-corrected chi connectivity index (χ2v) is 4.78. The molecule has 0 aliphatic carbocycles. The molecule has 0 spiro atoms. The van der Waals surface area contributed by atoms with Crippen LogP contribution in [0.5, 0.6) is 0 Å². The fourth-order valence-corrected chi connectivity index (χ4v) is 1.87. The Morgan fingerprint density at radius 1 is 1.29 bits per heavy atom. The van der Waals surface area contributed by atoms with Crippen LogP contribution >= 0.6 is 22.9 Å². The van der Waals surface area contributed by atoms with E-state index in [1.165, 1.54) is 5.70 Å². The monoisotopic (exact) mass is 339 g/mol. The van der Waals surface area contributed by atoms with Crippen molar-refractivity contribution in [3.63, 3.8) is 0 Å². The highest BCUT2D eigenvalue weighted by atomic mass is 127. The van der Waals surface area contributed by atoms with Gasteiger partial charge < -0.3 is 3.11 Å². The van der Waals surface area contributed by atoms with Crippen LogP contribution in [-0.2, 0) is 0 Å². The van der Waals surface area contributed by atoms with Crippen LogP contribution in [0.25, 0.3) is 5.57 Å². The van der Waals surface area contributed by atoms with Gasteiger partial charge in [0.2, 0.25) is 0 Å². The number of rotatable bonds is 5. The third kappa shape index (κ3) is 4.38. The number of nitrogens with zero attached hydrogens (tertiary/aromatic N) is 1. The van der Waals surface area contributed by atoms with Crippen LogP contribution in [0.2, 0.25) is 0 Å². The molecule has 1 rings (SSSR count). The van der Waals surface area contributed by atoms with Crippen molar-refractivity contribution in [3.05, 3.63) is 66.4 Å². The topological polar surface area (TPSA) is 3.24 Å². The van der Waals surface area contributed by atoms with Crippen LogP contribution < -0.4 is 0 Å². The standard InChI is InChI=1S/C15H18IN/c1-4-15(17(16)5-2)12-11-13(3)14-9-7-6-8-10-14/h4,6-12H,3,5H2,1-2H3/b12-11-,15-4+. The molecule has 0 saturated carbocycles. The summed E-state index contributed by atoms with van der Waals surface area (Å²) in [5.74, 6) is 0. The normalized spacial score (nSPS) is 11.8. The van der Waals surface area contributed by atoms with Crippen molar-refractivity contribution >= 4 is 28.4 Å². The Hall–Kier alpha value is -1.03. The van der Waals surface area contributed by atoms with Gasteiger partial charge in [0.05, 0.1) is 22.9 Å². The molecule has 0 aromatic heterocycles. The average molecular weight is 339 g/mol. The number of halogens is 1. The van der Waals surface area contributed by atoms with Gasteiger partial charge in [-0.3, -0.25) is 0 Å². The quantitative estimate of drug-likeness (QED) is 0.422. The van der Waals surface area contributed by atoms with Crippen molar-refractivity contribution in [2.45, 2.75) is 13.8 Å². The van der Waals surface area contributed by atoms with Crippen molar-refractivity contribution in [2.24, 2.45) is 0 Å². The van der Waals surface area contributed by atoms with Gasteiger partial charge in [-0.05, 0) is 31.1 Å². The molecular weight excluding hydrogens is 321 g/mol. The van der Waals surface area contributed by atoms with Crippen LogP contribution in [0.1, 0.15) is 19.4 Å². The number of likely N-dealkylation sites (N-methyl/N-ethyl adjacent to an activating group) is 1. The molecule has 0 fully saturated rings. The van der Waals surface area contributed by atoms with E-state index in [-0.39, 0.29) is 0 Å². The summed E-state index contributed by atoms with van der Waals surface area (Å²) in [6.45, 7) is 9.25. The zero-order valence-corrected chi connectivity index (χ0v) is 12.5. The Morgan fingerprint density at radius 2 is 1.94 bits per heavy atom. The summed E-state index contributed by atoms with van der Waals surface area (Å²) in [7, 11) is 0. The van der Waals surface area contributed by atoms with E-state index in [1.54, 1.807) is 0 Å². The van der Waals surface area contributed by atoms with E-state index in [4.69, 9.17) is 0 Å². The van der Waals surface area contributed by atoms with E-state index in [2.05, 4.69) is 69.8 Å². The first-order chi connectivity index (χ1) is 8.19. The summed E-state index contributed by atoms with van der Waals surface area (Å²) >= 11 is 2.31. The van der Waals surface area contributed by atoms with Crippen molar-refractivity contribution in [2.75, 3.05) is 6.54 Å². The predicted molar refractivity (Wildman–Crippen MR) is 84.8 cm³/mol. The number of benzene rings is 1. The molecule has 1 aromatic carbocycles. The molecule has 0 unspecified atom stereocenters. The lowest BCUT2D eigenvalue weighted by Crippen LogP contribution is -2.07. The van der Waals surface area contributed by atoms with Crippen LogP contribution in [-0.4, -0.2) is 9.66 Å². The van der Waals surface area contributed by atoms with Gasteiger partial charge in [-0.15, -0.1) is 0 Å². The molecule has 0 radical (unpaired) electrons. The molecule has 0 aliphatic heterocycles. The first-order valence-electron chi connectivity index (χ1n) is 5.71. The van der Waals surface area contributed by atoms with Crippen LogP contribution in [0, 0.1) is 0 Å². The molecule has 1 aromatic rings. The van der Waals surface area contributed by atoms with E-state index in [1.807, 2.05) is 25.1 Å². The second-order valence-electron chi connectivity index (χ2n) is 3.62. The maximum atomic E-state index is 4.08. The number of hydrogen-bond donors (Lipinski definition) is 0. The molecule has 0 saturated heterocycles. The molecule has 0 N–H and O–H groups in total. The minimum Gasteiger partial charge on any atom is -0.315 e. The summed E-state index contributed by atoms with van der Waals surface area (Å²) < 4.78 is 2.17. The van der Waals surface area contributed by atoms with Crippen LogP contribution in [0.15, 0.2) is 60.8 Å². The van der Waals surface area contributed by atoms with Gasteiger partial charge in [0.25, 0.3) is 0 Å². The lowest BCUT2D eigenvalue weighted by Gasteiger charge is -2.14. The van der Waals surface area contributed by atoms with Crippen molar-refractivity contribution in [1.29, 1.82) is 0 Å². The third-order valence-electron chi connectivity index (χ3n) is 2.45. The Labute approximate surface area is 118 Å². The first kappa shape index (κ1) is 14.0.